The molecule has 26 heavy (non-hydrogen) atoms. The van der Waals surface area contributed by atoms with Crippen molar-refractivity contribution in [2.75, 3.05) is 6.54 Å². The van der Waals surface area contributed by atoms with Gasteiger partial charge in [-0.3, -0.25) is 14.4 Å². The highest BCUT2D eigenvalue weighted by atomic mass is 16.4. The van der Waals surface area contributed by atoms with Crippen LogP contribution in [0.1, 0.15) is 50.6 Å². The number of aliphatic carboxylic acids is 1. The summed E-state index contributed by atoms with van der Waals surface area (Å²) in [4.78, 5) is 38.4. The van der Waals surface area contributed by atoms with Crippen LogP contribution in [0.2, 0.25) is 0 Å². The second-order valence-electron chi connectivity index (χ2n) is 7.41. The van der Waals surface area contributed by atoms with Crippen molar-refractivity contribution in [3.05, 3.63) is 35.9 Å². The predicted molar refractivity (Wildman–Crippen MR) is 96.2 cm³/mol. The Bertz CT molecular complexity index is 670. The Hall–Kier alpha value is -2.37. The van der Waals surface area contributed by atoms with Crippen LogP contribution in [-0.2, 0) is 14.4 Å². The molecule has 1 aromatic carbocycles. The number of nitrogens with one attached hydrogen (secondary N) is 1. The number of nitrogens with zero attached hydrogens (tertiary/aromatic N) is 1. The van der Waals surface area contributed by atoms with Gasteiger partial charge in [-0.25, -0.2) is 0 Å². The zero-order valence-electron chi connectivity index (χ0n) is 15.1. The highest BCUT2D eigenvalue weighted by molar-refractivity contribution is 5.90. The Morgan fingerprint density at radius 1 is 1.19 bits per heavy atom. The van der Waals surface area contributed by atoms with E-state index in [1.807, 2.05) is 35.2 Å². The van der Waals surface area contributed by atoms with Crippen LogP contribution in [0.4, 0.5) is 0 Å². The average molecular weight is 358 g/mol. The maximum atomic E-state index is 12.8. The fraction of sp³-hybridized carbons (Fsp3) is 0.550. The minimum absolute atomic E-state index is 0.0413. The van der Waals surface area contributed by atoms with E-state index >= 15 is 0 Å². The van der Waals surface area contributed by atoms with Gasteiger partial charge in [-0.15, -0.1) is 0 Å². The quantitative estimate of drug-likeness (QED) is 0.817. The van der Waals surface area contributed by atoms with Crippen LogP contribution in [0.15, 0.2) is 30.3 Å². The molecule has 1 heterocycles. The minimum atomic E-state index is -0.964. The molecule has 6 nitrogen and oxygen atoms in total. The first kappa shape index (κ1) is 18.4. The van der Waals surface area contributed by atoms with Gasteiger partial charge in [0, 0.05) is 19.0 Å². The summed E-state index contributed by atoms with van der Waals surface area (Å²) in [5, 5.41) is 12.3. The molecule has 0 radical (unpaired) electrons. The number of amides is 2. The molecule has 1 aliphatic carbocycles. The molecule has 1 saturated carbocycles. The second kappa shape index (κ2) is 7.89. The van der Waals surface area contributed by atoms with Crippen molar-refractivity contribution in [1.82, 2.24) is 10.2 Å². The Kier molecular flexibility index (Phi) is 5.59. The lowest BCUT2D eigenvalue weighted by Crippen LogP contribution is -2.40. The monoisotopic (exact) mass is 358 g/mol. The standard InChI is InChI=1S/C20H26N2O4/c1-13(20(25)26)18(14-7-3-2-4-8-14)21-19(24)15-11-17(23)22(12-15)16-9-5-6-10-16/h2-4,7-8,13,15-16,18H,5-6,9-12H2,1H3,(H,21,24)(H,25,26). The fourth-order valence-corrected chi connectivity index (χ4v) is 4.05. The first-order chi connectivity index (χ1) is 12.5. The number of hydrogen-bond acceptors (Lipinski definition) is 3. The van der Waals surface area contributed by atoms with Crippen molar-refractivity contribution < 1.29 is 19.5 Å². The van der Waals surface area contributed by atoms with Crippen LogP contribution >= 0.6 is 0 Å². The first-order valence-electron chi connectivity index (χ1n) is 9.35. The van der Waals surface area contributed by atoms with Gasteiger partial charge in [-0.1, -0.05) is 43.2 Å². The fourth-order valence-electron chi connectivity index (χ4n) is 4.05. The van der Waals surface area contributed by atoms with Gasteiger partial charge in [0.05, 0.1) is 17.9 Å². The van der Waals surface area contributed by atoms with E-state index in [9.17, 15) is 19.5 Å². The van der Waals surface area contributed by atoms with Crippen molar-refractivity contribution in [1.29, 1.82) is 0 Å². The number of hydrogen-bond donors (Lipinski definition) is 2. The molecule has 6 heteroatoms. The average Bonchev–Trinajstić information content (AvgIpc) is 3.29. The van der Waals surface area contributed by atoms with Gasteiger partial charge >= 0.3 is 5.97 Å². The molecular formula is C20H26N2O4. The molecule has 0 bridgehead atoms. The lowest BCUT2D eigenvalue weighted by Gasteiger charge is -2.26. The first-order valence-corrected chi connectivity index (χ1v) is 9.35. The summed E-state index contributed by atoms with van der Waals surface area (Å²) in [6.45, 7) is 2.03. The molecule has 3 rings (SSSR count). The van der Waals surface area contributed by atoms with E-state index in [-0.39, 0.29) is 24.3 Å². The molecule has 2 aliphatic rings. The maximum absolute atomic E-state index is 12.8. The van der Waals surface area contributed by atoms with E-state index in [4.69, 9.17) is 0 Å². The summed E-state index contributed by atoms with van der Waals surface area (Å²) in [5.74, 6) is -2.32. The Balaban J connectivity index is 1.70. The normalized spacial score (nSPS) is 23.0. The maximum Gasteiger partial charge on any atom is 0.308 e. The molecule has 3 unspecified atom stereocenters. The van der Waals surface area contributed by atoms with Crippen LogP contribution in [0.3, 0.4) is 0 Å². The van der Waals surface area contributed by atoms with E-state index in [1.54, 1.807) is 6.92 Å². The second-order valence-corrected chi connectivity index (χ2v) is 7.41. The van der Waals surface area contributed by atoms with Crippen molar-refractivity contribution in [3.8, 4) is 0 Å². The number of benzene rings is 1. The molecule has 2 amide bonds. The molecule has 2 N–H and O–H groups in total. The molecule has 1 aromatic rings. The smallest absolute Gasteiger partial charge is 0.308 e. The lowest BCUT2D eigenvalue weighted by molar-refractivity contribution is -0.142. The number of rotatable bonds is 6. The largest absolute Gasteiger partial charge is 0.481 e. The van der Waals surface area contributed by atoms with E-state index in [0.717, 1.165) is 31.2 Å². The summed E-state index contributed by atoms with van der Waals surface area (Å²) in [5.41, 5.74) is 0.757. The summed E-state index contributed by atoms with van der Waals surface area (Å²) in [7, 11) is 0. The SMILES string of the molecule is CC(C(=O)O)C(NC(=O)C1CC(=O)N(C2CCCC2)C1)c1ccccc1. The summed E-state index contributed by atoms with van der Waals surface area (Å²) < 4.78 is 0. The number of carbonyl (C=O) groups is 3. The third kappa shape index (κ3) is 3.89. The Labute approximate surface area is 153 Å². The van der Waals surface area contributed by atoms with Gasteiger partial charge in [-0.2, -0.15) is 0 Å². The lowest BCUT2D eigenvalue weighted by atomic mass is 9.93. The van der Waals surface area contributed by atoms with Crippen LogP contribution in [0.25, 0.3) is 0 Å². The molecule has 0 aromatic heterocycles. The van der Waals surface area contributed by atoms with Gasteiger partial charge in [0.1, 0.15) is 0 Å². The van der Waals surface area contributed by atoms with Gasteiger partial charge < -0.3 is 15.3 Å². The van der Waals surface area contributed by atoms with Crippen LogP contribution in [0.5, 0.6) is 0 Å². The molecular weight excluding hydrogens is 332 g/mol. The summed E-state index contributed by atoms with van der Waals surface area (Å²) >= 11 is 0. The highest BCUT2D eigenvalue weighted by Gasteiger charge is 2.39. The number of carbonyl (C=O) groups excluding carboxylic acids is 2. The number of carboxylic acid groups (broad SMARTS) is 1. The molecule has 0 spiro atoms. The van der Waals surface area contributed by atoms with Crippen LogP contribution in [0, 0.1) is 11.8 Å². The molecule has 1 aliphatic heterocycles. The van der Waals surface area contributed by atoms with Crippen molar-refractivity contribution in [2.24, 2.45) is 11.8 Å². The Morgan fingerprint density at radius 3 is 2.46 bits per heavy atom. The number of likely N-dealkylation sites (tertiary alicyclic amines) is 1. The number of carboxylic acids is 1. The van der Waals surface area contributed by atoms with Crippen LogP contribution in [-0.4, -0.2) is 40.4 Å². The van der Waals surface area contributed by atoms with E-state index in [1.165, 1.54) is 0 Å². The van der Waals surface area contributed by atoms with Crippen molar-refractivity contribution >= 4 is 17.8 Å². The zero-order valence-corrected chi connectivity index (χ0v) is 15.1. The van der Waals surface area contributed by atoms with E-state index < -0.39 is 23.8 Å². The predicted octanol–water partition coefficient (Wildman–Crippen LogP) is 2.36. The van der Waals surface area contributed by atoms with Gasteiger partial charge in [0.25, 0.3) is 0 Å². The summed E-state index contributed by atoms with van der Waals surface area (Å²) in [6, 6.07) is 8.78. The minimum Gasteiger partial charge on any atom is -0.481 e. The van der Waals surface area contributed by atoms with Crippen LogP contribution < -0.4 is 5.32 Å². The van der Waals surface area contributed by atoms with Gasteiger partial charge in [0.15, 0.2) is 0 Å². The van der Waals surface area contributed by atoms with E-state index in [2.05, 4.69) is 5.32 Å². The topological polar surface area (TPSA) is 86.7 Å². The summed E-state index contributed by atoms with van der Waals surface area (Å²) in [6.07, 6.45) is 4.52. The molecule has 140 valence electrons. The van der Waals surface area contributed by atoms with Crippen molar-refractivity contribution in [3.63, 3.8) is 0 Å². The van der Waals surface area contributed by atoms with Crippen molar-refractivity contribution in [2.45, 2.75) is 51.1 Å². The van der Waals surface area contributed by atoms with E-state index in [0.29, 0.717) is 6.54 Å². The third-order valence-corrected chi connectivity index (χ3v) is 5.64. The molecule has 3 atom stereocenters. The van der Waals surface area contributed by atoms with Gasteiger partial charge in [0.2, 0.25) is 11.8 Å². The third-order valence-electron chi connectivity index (χ3n) is 5.64. The van der Waals surface area contributed by atoms with Gasteiger partial charge in [-0.05, 0) is 25.3 Å². The highest BCUT2D eigenvalue weighted by Crippen LogP contribution is 2.30. The zero-order chi connectivity index (χ0) is 18.7. The molecule has 2 fully saturated rings. The Morgan fingerprint density at radius 2 is 1.85 bits per heavy atom. The molecule has 1 saturated heterocycles.